The molecule has 0 aliphatic heterocycles. The first kappa shape index (κ1) is 21.8. The Morgan fingerprint density at radius 2 is 1.87 bits per heavy atom. The summed E-state index contributed by atoms with van der Waals surface area (Å²) < 4.78 is 45.6. The number of rotatable bonds is 6. The molecule has 3 aromatic rings. The number of ether oxygens (including phenoxy) is 1. The van der Waals surface area contributed by atoms with Gasteiger partial charge in [-0.2, -0.15) is 13.2 Å². The van der Waals surface area contributed by atoms with Crippen molar-refractivity contribution in [3.05, 3.63) is 58.7 Å². The van der Waals surface area contributed by atoms with Crippen molar-refractivity contribution in [2.75, 3.05) is 5.32 Å². The number of pyridine rings is 1. The van der Waals surface area contributed by atoms with E-state index in [-0.39, 0.29) is 27.7 Å². The van der Waals surface area contributed by atoms with Crippen molar-refractivity contribution in [2.45, 2.75) is 38.8 Å². The zero-order valence-corrected chi connectivity index (χ0v) is 17.4. The Hall–Kier alpha value is -2.94. The molecule has 1 aromatic carbocycles. The van der Waals surface area contributed by atoms with Gasteiger partial charge >= 0.3 is 6.18 Å². The van der Waals surface area contributed by atoms with Gasteiger partial charge in [0.25, 0.3) is 0 Å². The smallest absolute Gasteiger partial charge is 0.434 e. The van der Waals surface area contributed by atoms with Gasteiger partial charge in [0.2, 0.25) is 5.88 Å². The first-order valence-electron chi connectivity index (χ1n) is 9.09. The number of hydrogen-bond donors (Lipinski definition) is 1. The first-order valence-corrected chi connectivity index (χ1v) is 9.91. The molecule has 30 heavy (non-hydrogen) atoms. The fraction of sp³-hybridized carbons (Fsp3) is 0.286. The van der Waals surface area contributed by atoms with E-state index in [1.54, 1.807) is 12.1 Å². The molecule has 0 bridgehead atoms. The van der Waals surface area contributed by atoms with E-state index in [2.05, 4.69) is 36.1 Å². The molecule has 0 spiro atoms. The van der Waals surface area contributed by atoms with E-state index >= 15 is 0 Å². The monoisotopic (exact) mass is 435 g/mol. The lowest BCUT2D eigenvalue weighted by atomic mass is 9.86. The van der Waals surface area contributed by atoms with Crippen molar-refractivity contribution in [1.29, 1.82) is 0 Å². The summed E-state index contributed by atoms with van der Waals surface area (Å²) in [7, 11) is 0. The molecule has 0 saturated carbocycles. The normalized spacial score (nSPS) is 11.9. The molecular formula is C21H20F3N3O2S. The Labute approximate surface area is 176 Å². The average molecular weight is 435 g/mol. The molecular weight excluding hydrogens is 415 g/mol. The molecule has 0 aliphatic carbocycles. The Morgan fingerprint density at radius 3 is 2.53 bits per heavy atom. The zero-order valence-electron chi connectivity index (χ0n) is 16.6. The minimum absolute atomic E-state index is 0.00105. The Balaban J connectivity index is 1.94. The van der Waals surface area contributed by atoms with Crippen LogP contribution in [0.4, 0.5) is 24.0 Å². The molecule has 3 rings (SSSR count). The van der Waals surface area contributed by atoms with Crippen LogP contribution in [0.15, 0.2) is 42.6 Å². The number of nitrogens with zero attached hydrogens (tertiary/aromatic N) is 2. The zero-order chi connectivity index (χ0) is 21.9. The Kier molecular flexibility index (Phi) is 6.12. The van der Waals surface area contributed by atoms with Gasteiger partial charge in [0.05, 0.1) is 0 Å². The molecule has 0 atom stereocenters. The summed E-state index contributed by atoms with van der Waals surface area (Å²) in [5.74, 6) is 0.804. The predicted molar refractivity (Wildman–Crippen MR) is 110 cm³/mol. The largest absolute Gasteiger partial charge is 0.437 e. The van der Waals surface area contributed by atoms with Gasteiger partial charge in [-0.15, -0.1) is 11.3 Å². The highest BCUT2D eigenvalue weighted by atomic mass is 32.1. The van der Waals surface area contributed by atoms with Crippen molar-refractivity contribution in [2.24, 2.45) is 0 Å². The van der Waals surface area contributed by atoms with Crippen molar-refractivity contribution in [3.63, 3.8) is 0 Å². The van der Waals surface area contributed by atoms with E-state index in [4.69, 9.17) is 4.74 Å². The third kappa shape index (κ3) is 4.96. The maximum atomic E-state index is 13.2. The highest BCUT2D eigenvalue weighted by molar-refractivity contribution is 7.15. The number of halogens is 3. The van der Waals surface area contributed by atoms with Crippen LogP contribution in [0, 0.1) is 0 Å². The van der Waals surface area contributed by atoms with Crippen LogP contribution in [0.3, 0.4) is 0 Å². The molecule has 0 fully saturated rings. The van der Waals surface area contributed by atoms with Crippen LogP contribution in [-0.2, 0) is 22.8 Å². The quantitative estimate of drug-likeness (QED) is 0.472. The molecule has 5 nitrogen and oxygen atoms in total. The first-order chi connectivity index (χ1) is 14.1. The number of aromatic nitrogens is 2. The van der Waals surface area contributed by atoms with Crippen LogP contribution in [0.2, 0.25) is 0 Å². The number of thiazole rings is 1. The van der Waals surface area contributed by atoms with Crippen LogP contribution in [0.5, 0.6) is 11.6 Å². The van der Waals surface area contributed by atoms with E-state index in [1.807, 2.05) is 24.3 Å². The molecule has 0 saturated heterocycles. The minimum Gasteiger partial charge on any atom is -0.437 e. The van der Waals surface area contributed by atoms with Crippen LogP contribution in [0.25, 0.3) is 0 Å². The maximum absolute atomic E-state index is 13.2. The predicted octanol–water partition coefficient (Wildman–Crippen LogP) is 6.13. The second kappa shape index (κ2) is 8.43. The number of hydrogen-bond acceptors (Lipinski definition) is 6. The number of nitrogens with one attached hydrogen (secondary N) is 1. The van der Waals surface area contributed by atoms with Crippen molar-refractivity contribution < 1.29 is 22.7 Å². The molecule has 9 heteroatoms. The molecule has 1 N–H and O–H groups in total. The fourth-order valence-electron chi connectivity index (χ4n) is 2.80. The van der Waals surface area contributed by atoms with E-state index < -0.39 is 11.9 Å². The molecule has 0 amide bonds. The van der Waals surface area contributed by atoms with E-state index in [1.165, 1.54) is 6.20 Å². The number of benzene rings is 1. The maximum Gasteiger partial charge on any atom is 0.434 e. The summed E-state index contributed by atoms with van der Waals surface area (Å²) in [6.07, 6.45) is -3.05. The number of para-hydroxylation sites is 1. The average Bonchev–Trinajstić information content (AvgIpc) is 3.06. The summed E-state index contributed by atoms with van der Waals surface area (Å²) in [6, 6.07) is 10.8. The SMILES string of the molecule is CC(C)(C)c1ccccc1Oc1ncccc1Nc1nc(C(F)(F)F)c(CC=O)s1. The third-order valence-electron chi connectivity index (χ3n) is 4.15. The third-order valence-corrected chi connectivity index (χ3v) is 5.14. The second-order valence-electron chi connectivity index (χ2n) is 7.49. The lowest BCUT2D eigenvalue weighted by Crippen LogP contribution is -2.12. The van der Waals surface area contributed by atoms with Gasteiger partial charge in [-0.25, -0.2) is 9.97 Å². The number of anilines is 2. The highest BCUT2D eigenvalue weighted by Crippen LogP contribution is 2.39. The topological polar surface area (TPSA) is 64.1 Å². The van der Waals surface area contributed by atoms with Gasteiger partial charge in [-0.1, -0.05) is 39.0 Å². The van der Waals surface area contributed by atoms with Crippen molar-refractivity contribution >= 4 is 28.4 Å². The summed E-state index contributed by atoms with van der Waals surface area (Å²) in [5.41, 5.74) is 0.0796. The summed E-state index contributed by atoms with van der Waals surface area (Å²) >= 11 is 0.771. The van der Waals surface area contributed by atoms with Crippen LogP contribution >= 0.6 is 11.3 Å². The number of aldehydes is 1. The summed E-state index contributed by atoms with van der Waals surface area (Å²) in [4.78, 5) is 18.5. The van der Waals surface area contributed by atoms with Crippen LogP contribution < -0.4 is 10.1 Å². The van der Waals surface area contributed by atoms with Crippen LogP contribution in [0.1, 0.15) is 36.9 Å². The fourth-order valence-corrected chi connectivity index (χ4v) is 3.74. The molecule has 2 aromatic heterocycles. The van der Waals surface area contributed by atoms with Crippen LogP contribution in [-0.4, -0.2) is 16.3 Å². The molecule has 0 unspecified atom stereocenters. The van der Waals surface area contributed by atoms with E-state index in [0.717, 1.165) is 16.9 Å². The van der Waals surface area contributed by atoms with E-state index in [0.29, 0.717) is 17.7 Å². The van der Waals surface area contributed by atoms with Gasteiger partial charge in [-0.3, -0.25) is 0 Å². The van der Waals surface area contributed by atoms with Gasteiger partial charge in [0, 0.05) is 23.1 Å². The molecule has 0 aliphatic rings. The molecule has 0 radical (unpaired) electrons. The lowest BCUT2D eigenvalue weighted by Gasteiger charge is -2.22. The lowest BCUT2D eigenvalue weighted by molar-refractivity contribution is -0.141. The minimum atomic E-state index is -4.64. The van der Waals surface area contributed by atoms with Gasteiger partial charge < -0.3 is 14.8 Å². The number of carbonyl (C=O) groups excluding carboxylic acids is 1. The van der Waals surface area contributed by atoms with Crippen molar-refractivity contribution in [3.8, 4) is 11.6 Å². The molecule has 158 valence electrons. The number of carbonyl (C=O) groups is 1. The van der Waals surface area contributed by atoms with Gasteiger partial charge in [0.15, 0.2) is 10.8 Å². The van der Waals surface area contributed by atoms with E-state index in [9.17, 15) is 18.0 Å². The standard InChI is InChI=1S/C21H20F3N3O2S/c1-20(2,3)13-7-4-5-9-15(13)29-18-14(8-6-11-25-18)26-19-27-17(21(22,23)24)16(30-19)10-12-28/h4-9,11-12H,10H2,1-3H3,(H,26,27). The number of alkyl halides is 3. The van der Waals surface area contributed by atoms with Gasteiger partial charge in [-0.05, 0) is 23.6 Å². The summed E-state index contributed by atoms with van der Waals surface area (Å²) in [6.45, 7) is 6.15. The van der Waals surface area contributed by atoms with Gasteiger partial charge in [0.1, 0.15) is 17.7 Å². The Morgan fingerprint density at radius 1 is 1.13 bits per heavy atom. The van der Waals surface area contributed by atoms with Crippen molar-refractivity contribution in [1.82, 2.24) is 9.97 Å². The Bertz CT molecular complexity index is 1040. The summed E-state index contributed by atoms with van der Waals surface area (Å²) in [5, 5.41) is 2.85. The molecule has 2 heterocycles. The highest BCUT2D eigenvalue weighted by Gasteiger charge is 2.37. The second-order valence-corrected chi connectivity index (χ2v) is 8.57.